The molecule has 0 bridgehead atoms. The Labute approximate surface area is 51.2 Å². The predicted molar refractivity (Wildman–Crippen MR) is 38.8 cm³/mol. The van der Waals surface area contributed by atoms with Crippen molar-refractivity contribution in [1.29, 1.82) is 0 Å². The van der Waals surface area contributed by atoms with Crippen LogP contribution in [-0.2, 0) is 0 Å². The Kier molecular flexibility index (Phi) is 3.95. The van der Waals surface area contributed by atoms with E-state index in [-0.39, 0.29) is 0 Å². The number of hydrogen-bond donors (Lipinski definition) is 0. The Bertz CT molecular complexity index is 107. The van der Waals surface area contributed by atoms with Crippen LogP contribution < -0.4 is 0 Å². The summed E-state index contributed by atoms with van der Waals surface area (Å²) in [6.07, 6.45) is 6.78. The largest absolute Gasteiger partial charge is 0.0988 e. The fraction of sp³-hybridized carbons (Fsp3) is 0.250. The topological polar surface area (TPSA) is 0 Å². The molecule has 0 fully saturated rings. The molecule has 44 valence electrons. The highest BCUT2D eigenvalue weighted by molar-refractivity contribution is 5.14. The molecule has 0 radical (unpaired) electrons. The van der Waals surface area contributed by atoms with E-state index in [2.05, 4.69) is 19.2 Å². The lowest BCUT2D eigenvalue weighted by Crippen LogP contribution is -1.67. The highest BCUT2D eigenvalue weighted by Crippen LogP contribution is 1.97. The SMILES string of the molecule is C=CC(=C)C/C=C/C. The Morgan fingerprint density at radius 2 is 2.25 bits per heavy atom. The molecule has 0 saturated carbocycles. The summed E-state index contributed by atoms with van der Waals surface area (Å²) in [7, 11) is 0. The lowest BCUT2D eigenvalue weighted by atomic mass is 10.2. The maximum absolute atomic E-state index is 3.74. The predicted octanol–water partition coefficient (Wildman–Crippen LogP) is 2.69. The van der Waals surface area contributed by atoms with Gasteiger partial charge in [0.1, 0.15) is 0 Å². The third kappa shape index (κ3) is 3.41. The van der Waals surface area contributed by atoms with Crippen LogP contribution in [0.25, 0.3) is 0 Å². The van der Waals surface area contributed by atoms with E-state index in [0.29, 0.717) is 0 Å². The summed E-state index contributed by atoms with van der Waals surface area (Å²) in [5.41, 5.74) is 1.07. The van der Waals surface area contributed by atoms with Crippen molar-refractivity contribution in [2.45, 2.75) is 13.3 Å². The Morgan fingerprint density at radius 1 is 1.62 bits per heavy atom. The van der Waals surface area contributed by atoms with Gasteiger partial charge in [0, 0.05) is 0 Å². The van der Waals surface area contributed by atoms with Crippen LogP contribution in [-0.4, -0.2) is 0 Å². The van der Waals surface area contributed by atoms with Gasteiger partial charge < -0.3 is 0 Å². The van der Waals surface area contributed by atoms with E-state index in [1.807, 2.05) is 13.0 Å². The second kappa shape index (κ2) is 4.38. The minimum absolute atomic E-state index is 0.931. The summed E-state index contributed by atoms with van der Waals surface area (Å²) in [5, 5.41) is 0. The molecule has 0 heterocycles. The van der Waals surface area contributed by atoms with E-state index in [0.717, 1.165) is 12.0 Å². The number of allylic oxidation sites excluding steroid dienone is 4. The van der Waals surface area contributed by atoms with Gasteiger partial charge in [0.25, 0.3) is 0 Å². The summed E-state index contributed by atoms with van der Waals surface area (Å²) >= 11 is 0. The van der Waals surface area contributed by atoms with Gasteiger partial charge in [0.15, 0.2) is 0 Å². The summed E-state index contributed by atoms with van der Waals surface area (Å²) < 4.78 is 0. The maximum atomic E-state index is 3.74. The highest BCUT2D eigenvalue weighted by atomic mass is 13.8. The molecule has 0 aliphatic carbocycles. The Balaban J connectivity index is 3.39. The molecule has 0 N–H and O–H groups in total. The molecule has 0 aliphatic heterocycles. The van der Waals surface area contributed by atoms with Crippen molar-refractivity contribution in [2.75, 3.05) is 0 Å². The molecule has 0 aromatic rings. The van der Waals surface area contributed by atoms with Crippen molar-refractivity contribution in [1.82, 2.24) is 0 Å². The van der Waals surface area contributed by atoms with E-state index >= 15 is 0 Å². The van der Waals surface area contributed by atoms with Crippen LogP contribution >= 0.6 is 0 Å². The van der Waals surface area contributed by atoms with Gasteiger partial charge in [0.2, 0.25) is 0 Å². The van der Waals surface area contributed by atoms with Gasteiger partial charge in [0.05, 0.1) is 0 Å². The van der Waals surface area contributed by atoms with Gasteiger partial charge in [-0.2, -0.15) is 0 Å². The molecule has 0 unspecified atom stereocenters. The van der Waals surface area contributed by atoms with E-state index < -0.39 is 0 Å². The van der Waals surface area contributed by atoms with Crippen molar-refractivity contribution < 1.29 is 0 Å². The van der Waals surface area contributed by atoms with Crippen LogP contribution in [0.15, 0.2) is 37.0 Å². The summed E-state index contributed by atoms with van der Waals surface area (Å²) in [6.45, 7) is 9.32. The normalized spacial score (nSPS) is 9.62. The Morgan fingerprint density at radius 3 is 2.62 bits per heavy atom. The van der Waals surface area contributed by atoms with Gasteiger partial charge in [-0.25, -0.2) is 0 Å². The molecule has 0 spiro atoms. The lowest BCUT2D eigenvalue weighted by Gasteiger charge is -1.87. The zero-order valence-electron chi connectivity index (χ0n) is 5.35. The van der Waals surface area contributed by atoms with Gasteiger partial charge in [-0.05, 0) is 13.3 Å². The number of hydrogen-bond acceptors (Lipinski definition) is 0. The maximum Gasteiger partial charge on any atom is -0.0104 e. The average molecular weight is 108 g/mol. The van der Waals surface area contributed by atoms with Crippen molar-refractivity contribution in [2.24, 2.45) is 0 Å². The molecule has 0 atom stereocenters. The third-order valence-electron chi connectivity index (χ3n) is 0.904. The van der Waals surface area contributed by atoms with Gasteiger partial charge in [-0.1, -0.05) is 37.0 Å². The standard InChI is InChI=1S/C8H12/c1-4-6-7-8(3)5-2/h4-6H,2-3,7H2,1H3/b6-4+. The van der Waals surface area contributed by atoms with Crippen molar-refractivity contribution in [3.63, 3.8) is 0 Å². The van der Waals surface area contributed by atoms with Gasteiger partial charge in [-0.3, -0.25) is 0 Å². The van der Waals surface area contributed by atoms with Crippen LogP contribution in [0, 0.1) is 0 Å². The van der Waals surface area contributed by atoms with Crippen LogP contribution in [0.5, 0.6) is 0 Å². The molecule has 0 saturated heterocycles. The lowest BCUT2D eigenvalue weighted by molar-refractivity contribution is 1.30. The zero-order valence-corrected chi connectivity index (χ0v) is 5.35. The molecule has 0 nitrogen and oxygen atoms in total. The first-order chi connectivity index (χ1) is 3.81. The number of rotatable bonds is 3. The molecule has 0 heteroatoms. The summed E-state index contributed by atoms with van der Waals surface area (Å²) in [4.78, 5) is 0. The smallest absolute Gasteiger partial charge is 0.0104 e. The van der Waals surface area contributed by atoms with Crippen molar-refractivity contribution in [3.8, 4) is 0 Å². The van der Waals surface area contributed by atoms with Gasteiger partial charge in [-0.15, -0.1) is 0 Å². The van der Waals surface area contributed by atoms with Crippen LogP contribution in [0.1, 0.15) is 13.3 Å². The minimum atomic E-state index is 0.931. The van der Waals surface area contributed by atoms with Gasteiger partial charge >= 0.3 is 0 Å². The van der Waals surface area contributed by atoms with Crippen molar-refractivity contribution >= 4 is 0 Å². The van der Waals surface area contributed by atoms with E-state index in [1.165, 1.54) is 0 Å². The molecule has 0 amide bonds. The zero-order chi connectivity index (χ0) is 6.41. The van der Waals surface area contributed by atoms with Crippen LogP contribution in [0.2, 0.25) is 0 Å². The highest BCUT2D eigenvalue weighted by Gasteiger charge is 1.77. The van der Waals surface area contributed by atoms with E-state index in [1.54, 1.807) is 6.08 Å². The molecule has 0 aromatic heterocycles. The average Bonchev–Trinajstić information content (AvgIpc) is 1.83. The summed E-state index contributed by atoms with van der Waals surface area (Å²) in [6, 6.07) is 0. The van der Waals surface area contributed by atoms with Crippen molar-refractivity contribution in [3.05, 3.63) is 37.0 Å². The molecule has 8 heavy (non-hydrogen) atoms. The fourth-order valence-electron chi connectivity index (χ4n) is 0.353. The second-order valence-electron chi connectivity index (χ2n) is 1.64. The molecular formula is C8H12. The first-order valence-electron chi connectivity index (χ1n) is 2.72. The second-order valence-corrected chi connectivity index (χ2v) is 1.64. The summed E-state index contributed by atoms with van der Waals surface area (Å²) in [5.74, 6) is 0. The van der Waals surface area contributed by atoms with E-state index in [4.69, 9.17) is 0 Å². The first-order valence-corrected chi connectivity index (χ1v) is 2.72. The Hall–Kier alpha value is -0.780. The molecule has 0 rings (SSSR count). The minimum Gasteiger partial charge on any atom is -0.0988 e. The van der Waals surface area contributed by atoms with E-state index in [9.17, 15) is 0 Å². The van der Waals surface area contributed by atoms with Crippen LogP contribution in [0.4, 0.5) is 0 Å². The molecule has 0 aliphatic rings. The monoisotopic (exact) mass is 108 g/mol. The quantitative estimate of drug-likeness (QED) is 0.385. The molecule has 0 aromatic carbocycles. The van der Waals surface area contributed by atoms with Crippen LogP contribution in [0.3, 0.4) is 0 Å². The third-order valence-corrected chi connectivity index (χ3v) is 0.904. The molecular weight excluding hydrogens is 96.1 g/mol. The fourth-order valence-corrected chi connectivity index (χ4v) is 0.353. The first kappa shape index (κ1) is 7.22.